The number of thiazole rings is 1. The van der Waals surface area contributed by atoms with E-state index in [1.165, 1.54) is 23.1 Å². The Hall–Kier alpha value is -3.50. The first-order valence-corrected chi connectivity index (χ1v) is 11.6. The number of hydrogen-bond acceptors (Lipinski definition) is 5. The Morgan fingerprint density at radius 1 is 0.939 bits per heavy atom. The van der Waals surface area contributed by atoms with Crippen LogP contribution in [0.4, 0.5) is 30.6 Å². The topological polar surface area (TPSA) is 83.1 Å². The van der Waals surface area contributed by atoms with Crippen LogP contribution >= 0.6 is 23.1 Å². The first-order valence-electron chi connectivity index (χ1n) is 9.79. The van der Waals surface area contributed by atoms with Gasteiger partial charge in [-0.15, -0.1) is 11.3 Å². The molecule has 0 atom stereocenters. The van der Waals surface area contributed by atoms with Gasteiger partial charge in [0.2, 0.25) is 5.91 Å². The molecule has 3 amide bonds. The smallest absolute Gasteiger partial charge is 0.323 e. The summed E-state index contributed by atoms with van der Waals surface area (Å²) < 4.78 is 28.2. The number of aryl methyl sites for hydroxylation is 1. The summed E-state index contributed by atoms with van der Waals surface area (Å²) in [6, 6.07) is 15.0. The number of carbonyl (C=O) groups excluding carboxylic acids is 2. The summed E-state index contributed by atoms with van der Waals surface area (Å²) in [4.78, 5) is 28.9. The van der Waals surface area contributed by atoms with E-state index in [1.807, 2.05) is 31.2 Å². The maximum absolute atomic E-state index is 13.7. The van der Waals surface area contributed by atoms with Gasteiger partial charge < -0.3 is 16.0 Å². The molecule has 0 bridgehead atoms. The van der Waals surface area contributed by atoms with Gasteiger partial charge in [-0.25, -0.2) is 18.6 Å². The minimum atomic E-state index is -0.865. The molecule has 0 aliphatic rings. The number of aromatic nitrogens is 1. The van der Waals surface area contributed by atoms with Crippen molar-refractivity contribution in [2.45, 2.75) is 11.3 Å². The highest BCUT2D eigenvalue weighted by Gasteiger charge is 2.11. The summed E-state index contributed by atoms with van der Waals surface area (Å²) in [6.45, 7) is 1.98. The van der Waals surface area contributed by atoms with Crippen LogP contribution in [0.25, 0.3) is 10.2 Å². The van der Waals surface area contributed by atoms with Crippen LogP contribution in [0, 0.1) is 18.6 Å². The highest BCUT2D eigenvalue weighted by molar-refractivity contribution is 8.01. The zero-order valence-corrected chi connectivity index (χ0v) is 18.9. The third-order valence-electron chi connectivity index (χ3n) is 4.47. The molecule has 1 aromatic heterocycles. The highest BCUT2D eigenvalue weighted by atomic mass is 32.2. The minimum Gasteiger partial charge on any atom is -0.325 e. The number of nitrogens with one attached hydrogen (secondary N) is 3. The van der Waals surface area contributed by atoms with Crippen LogP contribution in [0.3, 0.4) is 0 Å². The third-order valence-corrected chi connectivity index (χ3v) is 6.63. The van der Waals surface area contributed by atoms with Gasteiger partial charge in [-0.2, -0.15) is 0 Å². The molecule has 33 heavy (non-hydrogen) atoms. The number of fused-ring (bicyclic) bond motifs is 1. The van der Waals surface area contributed by atoms with Crippen molar-refractivity contribution in [2.24, 2.45) is 0 Å². The lowest BCUT2D eigenvalue weighted by molar-refractivity contribution is -0.113. The maximum Gasteiger partial charge on any atom is 0.323 e. The second kappa shape index (κ2) is 9.97. The van der Waals surface area contributed by atoms with Gasteiger partial charge in [0.25, 0.3) is 0 Å². The molecule has 4 rings (SSSR count). The van der Waals surface area contributed by atoms with E-state index in [-0.39, 0.29) is 17.3 Å². The van der Waals surface area contributed by atoms with Crippen molar-refractivity contribution in [3.63, 3.8) is 0 Å². The van der Waals surface area contributed by atoms with Crippen molar-refractivity contribution < 1.29 is 18.4 Å². The molecular weight excluding hydrogens is 466 g/mol. The lowest BCUT2D eigenvalue weighted by atomic mass is 10.2. The lowest BCUT2D eigenvalue weighted by Gasteiger charge is -2.08. The number of hydrogen-bond donors (Lipinski definition) is 3. The van der Waals surface area contributed by atoms with Gasteiger partial charge in [0.1, 0.15) is 11.6 Å². The number of urea groups is 1. The van der Waals surface area contributed by atoms with E-state index in [4.69, 9.17) is 0 Å². The molecule has 168 valence electrons. The van der Waals surface area contributed by atoms with Crippen molar-refractivity contribution in [1.82, 2.24) is 4.98 Å². The number of thioether (sulfide) groups is 1. The quantitative estimate of drug-likeness (QED) is 0.282. The number of amides is 3. The minimum absolute atomic E-state index is 0.129. The molecule has 0 saturated carbocycles. The summed E-state index contributed by atoms with van der Waals surface area (Å²) in [7, 11) is 0. The van der Waals surface area contributed by atoms with E-state index < -0.39 is 17.7 Å². The van der Waals surface area contributed by atoms with Crippen LogP contribution in [0.2, 0.25) is 0 Å². The first kappa shape index (κ1) is 22.7. The highest BCUT2D eigenvalue weighted by Crippen LogP contribution is 2.31. The van der Waals surface area contributed by atoms with Crippen LogP contribution in [0.1, 0.15) is 5.56 Å². The molecule has 3 N–H and O–H groups in total. The first-order chi connectivity index (χ1) is 15.9. The Morgan fingerprint density at radius 3 is 2.45 bits per heavy atom. The second-order valence-corrected chi connectivity index (χ2v) is 9.32. The van der Waals surface area contributed by atoms with Gasteiger partial charge >= 0.3 is 6.03 Å². The fourth-order valence-electron chi connectivity index (χ4n) is 2.88. The lowest BCUT2D eigenvalue weighted by Crippen LogP contribution is -2.20. The molecule has 0 radical (unpaired) electrons. The van der Waals surface area contributed by atoms with Crippen LogP contribution in [-0.4, -0.2) is 22.7 Å². The molecule has 0 aliphatic carbocycles. The van der Waals surface area contributed by atoms with Crippen molar-refractivity contribution in [3.05, 3.63) is 77.9 Å². The van der Waals surface area contributed by atoms with Crippen LogP contribution in [0.5, 0.6) is 0 Å². The van der Waals surface area contributed by atoms with Crippen molar-refractivity contribution in [2.75, 3.05) is 21.7 Å². The molecule has 1 heterocycles. The Kier molecular flexibility index (Phi) is 6.85. The van der Waals surface area contributed by atoms with Gasteiger partial charge in [0.05, 0.1) is 21.7 Å². The van der Waals surface area contributed by atoms with Crippen molar-refractivity contribution in [3.8, 4) is 0 Å². The predicted molar refractivity (Wildman–Crippen MR) is 129 cm³/mol. The Morgan fingerprint density at radius 2 is 1.70 bits per heavy atom. The summed E-state index contributed by atoms with van der Waals surface area (Å²) >= 11 is 2.72. The monoisotopic (exact) mass is 484 g/mol. The summed E-state index contributed by atoms with van der Waals surface area (Å²) in [5, 5.41) is 7.80. The van der Waals surface area contributed by atoms with E-state index in [2.05, 4.69) is 20.9 Å². The van der Waals surface area contributed by atoms with Crippen LogP contribution < -0.4 is 16.0 Å². The van der Waals surface area contributed by atoms with Crippen molar-refractivity contribution >= 4 is 62.3 Å². The van der Waals surface area contributed by atoms with E-state index in [1.54, 1.807) is 18.2 Å². The molecule has 0 unspecified atom stereocenters. The predicted octanol–water partition coefficient (Wildman–Crippen LogP) is 6.26. The van der Waals surface area contributed by atoms with Gasteiger partial charge in [0, 0.05) is 17.4 Å². The molecule has 0 fully saturated rings. The fourth-order valence-corrected chi connectivity index (χ4v) is 4.79. The van der Waals surface area contributed by atoms with Crippen LogP contribution in [-0.2, 0) is 4.79 Å². The molecular formula is C23H18F2N4O2S2. The van der Waals surface area contributed by atoms with Gasteiger partial charge in [-0.3, -0.25) is 4.79 Å². The molecule has 0 aliphatic heterocycles. The average Bonchev–Trinajstić information content (AvgIpc) is 3.18. The summed E-state index contributed by atoms with van der Waals surface area (Å²) in [5.41, 5.74) is 2.95. The number of anilines is 3. The number of benzene rings is 3. The van der Waals surface area contributed by atoms with Crippen molar-refractivity contribution in [1.29, 1.82) is 0 Å². The third kappa shape index (κ3) is 6.05. The Balaban J connectivity index is 1.35. The average molecular weight is 485 g/mol. The molecule has 6 nitrogen and oxygen atoms in total. The largest absolute Gasteiger partial charge is 0.325 e. The van der Waals surface area contributed by atoms with E-state index in [0.29, 0.717) is 11.8 Å². The van der Waals surface area contributed by atoms with Crippen LogP contribution in [0.15, 0.2) is 65.0 Å². The van der Waals surface area contributed by atoms with Gasteiger partial charge in [0.15, 0.2) is 4.34 Å². The van der Waals surface area contributed by atoms with E-state index in [0.717, 1.165) is 37.9 Å². The molecule has 0 spiro atoms. The zero-order chi connectivity index (χ0) is 23.4. The molecule has 0 saturated heterocycles. The summed E-state index contributed by atoms with van der Waals surface area (Å²) in [6.07, 6.45) is 0. The van der Waals surface area contributed by atoms with E-state index >= 15 is 0 Å². The van der Waals surface area contributed by atoms with Gasteiger partial charge in [-0.05, 0) is 49.4 Å². The molecule has 3 aromatic carbocycles. The summed E-state index contributed by atoms with van der Waals surface area (Å²) in [5.74, 6) is -1.51. The normalized spacial score (nSPS) is 10.8. The van der Waals surface area contributed by atoms with Gasteiger partial charge in [-0.1, -0.05) is 29.5 Å². The Bertz CT molecular complexity index is 1330. The number of rotatable bonds is 6. The fraction of sp³-hybridized carbons (Fsp3) is 0.0870. The number of carbonyl (C=O) groups is 2. The van der Waals surface area contributed by atoms with E-state index in [9.17, 15) is 18.4 Å². The maximum atomic E-state index is 13.7. The number of halogens is 2. The number of nitrogens with zero attached hydrogens (tertiary/aromatic N) is 1. The Labute approximate surface area is 196 Å². The SMILES string of the molecule is Cc1ccc(NC(=O)CSc2nc3ccc(NC(=O)Nc4ccc(F)cc4F)cc3s2)cc1. The standard InChI is InChI=1S/C23H18F2N4O2S2/c1-13-2-5-15(6-3-13)26-21(30)12-32-23-29-19-9-7-16(11-20(19)33-23)27-22(31)28-18-8-4-14(24)10-17(18)25/h2-11H,12H2,1H3,(H,26,30)(H2,27,28,31). The second-order valence-electron chi connectivity index (χ2n) is 7.07. The molecule has 4 aromatic rings. The molecule has 10 heteroatoms. The zero-order valence-electron chi connectivity index (χ0n) is 17.3.